The number of nitrogens with one attached hydrogen (secondary N) is 4. The normalized spacial score (nSPS) is 18.4. The van der Waals surface area contributed by atoms with E-state index >= 15 is 0 Å². The van der Waals surface area contributed by atoms with Gasteiger partial charge in [-0.3, -0.25) is 4.79 Å². The molecule has 1 amide bonds. The highest BCUT2D eigenvalue weighted by atomic mass is 16.3. The van der Waals surface area contributed by atoms with Crippen LogP contribution < -0.4 is 21.7 Å². The molecule has 0 spiro atoms. The fourth-order valence-corrected chi connectivity index (χ4v) is 2.08. The maximum Gasteiger partial charge on any atom is 0.211 e. The van der Waals surface area contributed by atoms with Crippen molar-refractivity contribution in [1.82, 2.24) is 5.32 Å². The number of nitrogens with two attached hydrogens (primary N) is 1. The highest BCUT2D eigenvalue weighted by Gasteiger charge is 2.19. The van der Waals surface area contributed by atoms with Crippen molar-refractivity contribution in [2.24, 2.45) is 5.73 Å². The summed E-state index contributed by atoms with van der Waals surface area (Å²) in [5, 5.41) is 25.9. The molecule has 1 aliphatic heterocycles. The second-order valence-corrected chi connectivity index (χ2v) is 4.85. The fraction of sp³-hybridized carbons (Fsp3) is 0.125. The summed E-state index contributed by atoms with van der Waals surface area (Å²) in [6.45, 7) is 0. The van der Waals surface area contributed by atoms with Crippen molar-refractivity contribution in [3.05, 3.63) is 60.0 Å². The Balaban J connectivity index is 1.98. The third kappa shape index (κ3) is 4.45. The molecule has 0 radical (unpaired) electrons. The predicted molar refractivity (Wildman–Crippen MR) is 91.0 cm³/mol. The van der Waals surface area contributed by atoms with E-state index < -0.39 is 6.23 Å². The molecule has 7 heteroatoms. The first-order valence-electron chi connectivity index (χ1n) is 7.00. The number of anilines is 2. The number of aliphatic hydroxyl groups excluding tert-OH is 1. The van der Waals surface area contributed by atoms with Gasteiger partial charge in [-0.2, -0.15) is 0 Å². The molecule has 0 saturated carbocycles. The third-order valence-electron chi connectivity index (χ3n) is 3.24. The monoisotopic (exact) mass is 313 g/mol. The number of carbonyl (C=O) groups is 1. The minimum atomic E-state index is -0.882. The standard InChI is InChI=1S/C16H19N5O2/c17-9-8-13(18)14-2-1-3-15(21-14)16(23)20-12-6-4-11(5-7-12)19-10-22/h1-10,15-17,20-21,23H,18H2,(H,19,22)/b13-8-,17-9?. The van der Waals surface area contributed by atoms with Gasteiger partial charge in [-0.1, -0.05) is 12.2 Å². The highest BCUT2D eigenvalue weighted by Crippen LogP contribution is 2.16. The van der Waals surface area contributed by atoms with Gasteiger partial charge in [0.05, 0.1) is 17.4 Å². The molecule has 0 fully saturated rings. The van der Waals surface area contributed by atoms with Gasteiger partial charge in [0.25, 0.3) is 0 Å². The van der Waals surface area contributed by atoms with E-state index in [1.165, 1.54) is 6.08 Å². The van der Waals surface area contributed by atoms with Crippen LogP contribution in [0.2, 0.25) is 0 Å². The number of hydrogen-bond acceptors (Lipinski definition) is 6. The molecule has 1 heterocycles. The molecule has 0 aromatic heterocycles. The Morgan fingerprint density at radius 1 is 1.35 bits per heavy atom. The van der Waals surface area contributed by atoms with Crippen LogP contribution in [0.4, 0.5) is 11.4 Å². The number of carbonyl (C=O) groups excluding carboxylic acids is 1. The van der Waals surface area contributed by atoms with Crippen molar-refractivity contribution in [2.45, 2.75) is 12.3 Å². The molecule has 7 nitrogen and oxygen atoms in total. The van der Waals surface area contributed by atoms with Crippen LogP contribution in [0.15, 0.2) is 60.0 Å². The lowest BCUT2D eigenvalue weighted by Crippen LogP contribution is -2.44. The minimum Gasteiger partial charge on any atom is -0.397 e. The molecule has 120 valence electrons. The summed E-state index contributed by atoms with van der Waals surface area (Å²) in [5.74, 6) is 0. The highest BCUT2D eigenvalue weighted by molar-refractivity contribution is 5.72. The van der Waals surface area contributed by atoms with Gasteiger partial charge in [-0.25, -0.2) is 0 Å². The molecular weight excluding hydrogens is 294 g/mol. The van der Waals surface area contributed by atoms with Crippen molar-refractivity contribution in [2.75, 3.05) is 10.6 Å². The van der Waals surface area contributed by atoms with Crippen LogP contribution >= 0.6 is 0 Å². The van der Waals surface area contributed by atoms with Crippen LogP contribution in [0.25, 0.3) is 0 Å². The van der Waals surface area contributed by atoms with E-state index in [9.17, 15) is 9.90 Å². The molecule has 1 aromatic rings. The molecule has 0 bridgehead atoms. The van der Waals surface area contributed by atoms with Crippen molar-refractivity contribution < 1.29 is 9.90 Å². The number of aliphatic hydroxyl groups is 1. The predicted octanol–water partition coefficient (Wildman–Crippen LogP) is 0.889. The van der Waals surface area contributed by atoms with Crippen molar-refractivity contribution in [1.29, 1.82) is 5.41 Å². The van der Waals surface area contributed by atoms with Crippen molar-refractivity contribution in [3.63, 3.8) is 0 Å². The lowest BCUT2D eigenvalue weighted by molar-refractivity contribution is -0.105. The van der Waals surface area contributed by atoms with Crippen LogP contribution in [-0.4, -0.2) is 30.0 Å². The maximum atomic E-state index is 10.4. The van der Waals surface area contributed by atoms with Gasteiger partial charge in [0.15, 0.2) is 0 Å². The number of dihydropyridines is 1. The second kappa shape index (κ2) is 7.81. The van der Waals surface area contributed by atoms with Gasteiger partial charge in [0, 0.05) is 17.6 Å². The first-order valence-corrected chi connectivity index (χ1v) is 7.00. The largest absolute Gasteiger partial charge is 0.397 e. The molecular formula is C16H19N5O2. The van der Waals surface area contributed by atoms with E-state index in [4.69, 9.17) is 11.1 Å². The maximum absolute atomic E-state index is 10.4. The van der Waals surface area contributed by atoms with Gasteiger partial charge in [-0.05, 0) is 36.4 Å². The molecule has 1 aliphatic rings. The van der Waals surface area contributed by atoms with Gasteiger partial charge < -0.3 is 32.2 Å². The summed E-state index contributed by atoms with van der Waals surface area (Å²) >= 11 is 0. The molecule has 23 heavy (non-hydrogen) atoms. The Morgan fingerprint density at radius 2 is 2.04 bits per heavy atom. The van der Waals surface area contributed by atoms with Crippen LogP contribution in [0.1, 0.15) is 0 Å². The zero-order chi connectivity index (χ0) is 16.7. The van der Waals surface area contributed by atoms with E-state index in [0.717, 1.165) is 6.21 Å². The minimum absolute atomic E-state index is 0.375. The second-order valence-electron chi connectivity index (χ2n) is 4.85. The number of allylic oxidation sites excluding steroid dienone is 3. The summed E-state index contributed by atoms with van der Waals surface area (Å²) in [6, 6.07) is 6.58. The number of rotatable bonds is 7. The zero-order valence-electron chi connectivity index (χ0n) is 12.4. The lowest BCUT2D eigenvalue weighted by atomic mass is 10.1. The van der Waals surface area contributed by atoms with Crippen LogP contribution in [0.3, 0.4) is 0 Å². The van der Waals surface area contributed by atoms with Crippen LogP contribution in [0.5, 0.6) is 0 Å². The van der Waals surface area contributed by atoms with Gasteiger partial charge in [0.2, 0.25) is 6.41 Å². The summed E-state index contributed by atoms with van der Waals surface area (Å²) in [6.07, 6.45) is 7.67. The summed E-state index contributed by atoms with van der Waals surface area (Å²) in [7, 11) is 0. The van der Waals surface area contributed by atoms with E-state index in [0.29, 0.717) is 29.2 Å². The van der Waals surface area contributed by atoms with E-state index in [1.807, 2.05) is 0 Å². The summed E-state index contributed by atoms with van der Waals surface area (Å²) < 4.78 is 0. The third-order valence-corrected chi connectivity index (χ3v) is 3.24. The Kier molecular flexibility index (Phi) is 5.54. The van der Waals surface area contributed by atoms with E-state index in [2.05, 4.69) is 16.0 Å². The first-order chi connectivity index (χ1) is 11.1. The molecule has 0 saturated heterocycles. The zero-order valence-corrected chi connectivity index (χ0v) is 12.4. The fourth-order valence-electron chi connectivity index (χ4n) is 2.08. The quantitative estimate of drug-likeness (QED) is 0.253. The Labute approximate surface area is 134 Å². The SMILES string of the molecule is N=C/C=C(\N)C1=CC=CC(C(O)Nc2ccc(NC=O)cc2)N1. The molecule has 7 N–H and O–H groups in total. The van der Waals surface area contributed by atoms with Crippen LogP contribution in [-0.2, 0) is 4.79 Å². The number of hydrogen-bond donors (Lipinski definition) is 6. The molecule has 0 aliphatic carbocycles. The molecule has 1 aromatic carbocycles. The van der Waals surface area contributed by atoms with Crippen molar-refractivity contribution >= 4 is 24.0 Å². The van der Waals surface area contributed by atoms with Gasteiger partial charge in [-0.15, -0.1) is 0 Å². The first kappa shape index (κ1) is 16.3. The molecule has 2 rings (SSSR count). The average molecular weight is 313 g/mol. The molecule has 2 unspecified atom stereocenters. The van der Waals surface area contributed by atoms with E-state index in [-0.39, 0.29) is 6.04 Å². The Bertz CT molecular complexity index is 649. The van der Waals surface area contributed by atoms with Gasteiger partial charge in [0.1, 0.15) is 6.23 Å². The van der Waals surface area contributed by atoms with Crippen LogP contribution in [0, 0.1) is 5.41 Å². The Hall–Kier alpha value is -3.06. The smallest absolute Gasteiger partial charge is 0.211 e. The topological polar surface area (TPSA) is 123 Å². The summed E-state index contributed by atoms with van der Waals surface area (Å²) in [4.78, 5) is 10.4. The summed E-state index contributed by atoms with van der Waals surface area (Å²) in [5.41, 5.74) is 8.28. The van der Waals surface area contributed by atoms with E-state index in [1.54, 1.807) is 42.5 Å². The lowest BCUT2D eigenvalue weighted by Gasteiger charge is -2.27. The molecule has 2 atom stereocenters. The number of benzene rings is 1. The van der Waals surface area contributed by atoms with Crippen molar-refractivity contribution in [3.8, 4) is 0 Å². The van der Waals surface area contributed by atoms with Gasteiger partial charge >= 0.3 is 0 Å². The number of amides is 1. The average Bonchev–Trinajstić information content (AvgIpc) is 2.57. The Morgan fingerprint density at radius 3 is 2.70 bits per heavy atom.